The van der Waals surface area contributed by atoms with E-state index in [1.54, 1.807) is 18.0 Å². The fourth-order valence-corrected chi connectivity index (χ4v) is 3.71. The summed E-state index contributed by atoms with van der Waals surface area (Å²) in [5.74, 6) is -1.69. The van der Waals surface area contributed by atoms with Crippen LogP contribution in [0.25, 0.3) is 0 Å². The van der Waals surface area contributed by atoms with Gasteiger partial charge in [0, 0.05) is 13.1 Å². The van der Waals surface area contributed by atoms with Crippen molar-refractivity contribution in [1.82, 2.24) is 5.32 Å². The predicted molar refractivity (Wildman–Crippen MR) is 96.8 cm³/mol. The number of nitrogens with two attached hydrogens (primary N) is 1. The molecule has 1 amide bonds. The average Bonchev–Trinajstić information content (AvgIpc) is 2.58. The van der Waals surface area contributed by atoms with Crippen molar-refractivity contribution >= 4 is 23.0 Å². The van der Waals surface area contributed by atoms with Crippen molar-refractivity contribution in [3.8, 4) is 0 Å². The number of carbonyl (C=O) groups excluding carboxylic acids is 1. The number of nitrogens with zero attached hydrogens (tertiary/aromatic N) is 1. The van der Waals surface area contributed by atoms with Crippen LogP contribution in [0.3, 0.4) is 0 Å². The number of alkyl halides is 4. The Morgan fingerprint density at radius 2 is 1.81 bits per heavy atom. The summed E-state index contributed by atoms with van der Waals surface area (Å²) in [4.78, 5) is 14.5. The van der Waals surface area contributed by atoms with E-state index in [1.807, 2.05) is 0 Å². The van der Waals surface area contributed by atoms with Crippen LogP contribution >= 0.6 is 0 Å². The minimum atomic E-state index is -4.18. The van der Waals surface area contributed by atoms with Crippen LogP contribution in [-0.2, 0) is 0 Å². The number of carbonyl (C=O) groups is 1. The molecule has 0 aromatic heterocycles. The molecule has 1 aliphatic heterocycles. The summed E-state index contributed by atoms with van der Waals surface area (Å²) in [5.41, 5.74) is 7.87. The summed E-state index contributed by atoms with van der Waals surface area (Å²) >= 11 is 0. The lowest BCUT2D eigenvalue weighted by atomic mass is 9.85. The highest BCUT2D eigenvalue weighted by atomic mass is 19.4. The third-order valence-electron chi connectivity index (χ3n) is 5.38. The van der Waals surface area contributed by atoms with Crippen molar-refractivity contribution in [3.05, 3.63) is 17.7 Å². The van der Waals surface area contributed by atoms with E-state index >= 15 is 0 Å². The lowest BCUT2D eigenvalue weighted by Gasteiger charge is -2.38. The van der Waals surface area contributed by atoms with Crippen molar-refractivity contribution in [3.63, 3.8) is 0 Å². The smallest absolute Gasteiger partial charge is 0.391 e. The van der Waals surface area contributed by atoms with E-state index in [1.165, 1.54) is 6.07 Å². The Labute approximate surface area is 155 Å². The molecule has 1 saturated carbocycles. The fraction of sp³-hybridized carbons (Fsp3) is 0.611. The first kappa shape index (κ1) is 19.6. The highest BCUT2D eigenvalue weighted by Gasteiger charge is 2.41. The molecule has 0 bridgehead atoms. The number of hydrogen-bond acceptors (Lipinski definition) is 4. The Morgan fingerprint density at radius 3 is 2.33 bits per heavy atom. The normalized spacial score (nSPS) is 23.7. The van der Waals surface area contributed by atoms with Gasteiger partial charge in [0.1, 0.15) is 6.17 Å². The number of hydrogen-bond donors (Lipinski definition) is 3. The number of halogens is 4. The van der Waals surface area contributed by atoms with E-state index in [0.717, 1.165) is 0 Å². The van der Waals surface area contributed by atoms with Gasteiger partial charge in [-0.15, -0.1) is 0 Å². The molecular formula is C18H24F4N4O. The van der Waals surface area contributed by atoms with E-state index in [9.17, 15) is 22.4 Å². The molecule has 4 N–H and O–H groups in total. The zero-order valence-corrected chi connectivity index (χ0v) is 15.1. The lowest BCUT2D eigenvalue weighted by molar-refractivity contribution is -0.182. The molecule has 150 valence electrons. The fourth-order valence-electron chi connectivity index (χ4n) is 3.71. The maximum Gasteiger partial charge on any atom is 0.391 e. The van der Waals surface area contributed by atoms with Gasteiger partial charge in [-0.1, -0.05) is 0 Å². The van der Waals surface area contributed by atoms with Crippen LogP contribution in [0.1, 0.15) is 36.0 Å². The molecule has 5 nitrogen and oxygen atoms in total. The standard InChI is InChI=1S/C18H24F4N4O/c1-24-15-7-16(26-8-11(19)9-26)13(6-14(15)23)17(27)25-12-4-2-10(3-5-12)18(20,21)22/h6-7,10-12,24H,2-5,8-9,23H2,1H3,(H,25,27). The average molecular weight is 388 g/mol. The molecule has 1 heterocycles. The Hall–Kier alpha value is -2.19. The molecule has 9 heteroatoms. The first-order chi connectivity index (χ1) is 12.7. The second-order valence-electron chi connectivity index (χ2n) is 7.27. The maximum atomic E-state index is 13.3. The van der Waals surface area contributed by atoms with Gasteiger partial charge < -0.3 is 21.3 Å². The van der Waals surface area contributed by atoms with Gasteiger partial charge in [0.15, 0.2) is 0 Å². The van der Waals surface area contributed by atoms with Crippen LogP contribution < -0.4 is 21.3 Å². The van der Waals surface area contributed by atoms with E-state index < -0.39 is 24.2 Å². The summed E-state index contributed by atoms with van der Waals surface area (Å²) in [6.45, 7) is 0.397. The van der Waals surface area contributed by atoms with Crippen LogP contribution in [0.5, 0.6) is 0 Å². The van der Waals surface area contributed by atoms with Gasteiger partial charge in [-0.3, -0.25) is 4.79 Å². The minimum absolute atomic E-state index is 0.0117. The first-order valence-electron chi connectivity index (χ1n) is 9.07. The van der Waals surface area contributed by atoms with Crippen molar-refractivity contribution < 1.29 is 22.4 Å². The highest BCUT2D eigenvalue weighted by Crippen LogP contribution is 2.38. The van der Waals surface area contributed by atoms with Crippen LogP contribution in [-0.4, -0.2) is 44.4 Å². The summed E-state index contributed by atoms with van der Waals surface area (Å²) in [7, 11) is 1.70. The van der Waals surface area contributed by atoms with Crippen LogP contribution in [0.15, 0.2) is 12.1 Å². The number of nitrogens with one attached hydrogen (secondary N) is 2. The van der Waals surface area contributed by atoms with Gasteiger partial charge in [-0.05, 0) is 37.8 Å². The quantitative estimate of drug-likeness (QED) is 0.547. The molecule has 1 aliphatic carbocycles. The number of rotatable bonds is 4. The summed E-state index contributed by atoms with van der Waals surface area (Å²) < 4.78 is 51.6. The van der Waals surface area contributed by atoms with E-state index in [4.69, 9.17) is 5.73 Å². The Morgan fingerprint density at radius 1 is 1.19 bits per heavy atom. The number of nitrogen functional groups attached to an aromatic ring is 1. The molecule has 2 fully saturated rings. The molecule has 1 aromatic rings. The van der Waals surface area contributed by atoms with Gasteiger partial charge in [-0.25, -0.2) is 4.39 Å². The maximum absolute atomic E-state index is 13.3. The van der Waals surface area contributed by atoms with Crippen molar-refractivity contribution in [2.45, 2.75) is 44.1 Å². The number of amides is 1. The molecule has 0 spiro atoms. The summed E-state index contributed by atoms with van der Waals surface area (Å²) in [5, 5.41) is 5.76. The second-order valence-corrected chi connectivity index (χ2v) is 7.27. The van der Waals surface area contributed by atoms with Crippen LogP contribution in [0.4, 0.5) is 34.6 Å². The third kappa shape index (κ3) is 4.22. The molecule has 27 heavy (non-hydrogen) atoms. The van der Waals surface area contributed by atoms with E-state index in [2.05, 4.69) is 10.6 Å². The molecule has 0 atom stereocenters. The topological polar surface area (TPSA) is 70.4 Å². The Kier molecular flexibility index (Phi) is 5.39. The highest BCUT2D eigenvalue weighted by molar-refractivity contribution is 6.02. The molecule has 1 saturated heterocycles. The third-order valence-corrected chi connectivity index (χ3v) is 5.38. The van der Waals surface area contributed by atoms with E-state index in [0.29, 0.717) is 22.6 Å². The largest absolute Gasteiger partial charge is 0.397 e. The van der Waals surface area contributed by atoms with Gasteiger partial charge in [-0.2, -0.15) is 13.2 Å². The zero-order chi connectivity index (χ0) is 19.8. The lowest BCUT2D eigenvalue weighted by Crippen LogP contribution is -2.49. The van der Waals surface area contributed by atoms with Gasteiger partial charge in [0.05, 0.1) is 41.6 Å². The molecule has 0 radical (unpaired) electrons. The molecule has 1 aromatic carbocycles. The van der Waals surface area contributed by atoms with E-state index in [-0.39, 0.29) is 44.8 Å². The van der Waals surface area contributed by atoms with Gasteiger partial charge in [0.25, 0.3) is 5.91 Å². The summed E-state index contributed by atoms with van der Waals surface area (Å²) in [6, 6.07) is 2.93. The molecule has 3 rings (SSSR count). The number of benzene rings is 1. The van der Waals surface area contributed by atoms with Gasteiger partial charge in [0.2, 0.25) is 0 Å². The zero-order valence-electron chi connectivity index (χ0n) is 15.1. The number of anilines is 3. The first-order valence-corrected chi connectivity index (χ1v) is 9.07. The Balaban J connectivity index is 1.72. The molecule has 0 unspecified atom stereocenters. The van der Waals surface area contributed by atoms with Crippen molar-refractivity contribution in [1.29, 1.82) is 0 Å². The van der Waals surface area contributed by atoms with Crippen molar-refractivity contribution in [2.24, 2.45) is 5.92 Å². The van der Waals surface area contributed by atoms with Crippen LogP contribution in [0, 0.1) is 5.92 Å². The van der Waals surface area contributed by atoms with Crippen LogP contribution in [0.2, 0.25) is 0 Å². The monoisotopic (exact) mass is 388 g/mol. The molecule has 2 aliphatic rings. The summed E-state index contributed by atoms with van der Waals surface area (Å²) in [6.07, 6.45) is -4.53. The second kappa shape index (κ2) is 7.44. The molecular weight excluding hydrogens is 364 g/mol. The predicted octanol–water partition coefficient (Wildman–Crippen LogP) is 3.32. The SMILES string of the molecule is CNc1cc(N2CC(F)C2)c(C(=O)NC2CCC(C(F)(F)F)CC2)cc1N. The Bertz CT molecular complexity index is 695. The van der Waals surface area contributed by atoms with Crippen molar-refractivity contribution in [2.75, 3.05) is 36.1 Å². The minimum Gasteiger partial charge on any atom is -0.397 e. The van der Waals surface area contributed by atoms with Gasteiger partial charge >= 0.3 is 6.18 Å².